The molecule has 1 aromatic heterocycles. The minimum absolute atomic E-state index is 0.615. The maximum absolute atomic E-state index is 6.30. The van der Waals surface area contributed by atoms with Gasteiger partial charge in [0.2, 0.25) is 0 Å². The number of imidazole rings is 1. The van der Waals surface area contributed by atoms with Crippen LogP contribution in [0.15, 0.2) is 30.6 Å². The van der Waals surface area contributed by atoms with Crippen molar-refractivity contribution < 1.29 is 0 Å². The van der Waals surface area contributed by atoms with Crippen molar-refractivity contribution in [1.82, 2.24) is 9.55 Å². The van der Waals surface area contributed by atoms with Crippen molar-refractivity contribution in [2.75, 3.05) is 6.54 Å². The van der Waals surface area contributed by atoms with Crippen molar-refractivity contribution in [3.63, 3.8) is 0 Å². The normalized spacial score (nSPS) is 10.8. The van der Waals surface area contributed by atoms with E-state index < -0.39 is 0 Å². The zero-order valence-electron chi connectivity index (χ0n) is 9.86. The van der Waals surface area contributed by atoms with Crippen LogP contribution in [-0.4, -0.2) is 16.1 Å². The van der Waals surface area contributed by atoms with Gasteiger partial charge in [-0.1, -0.05) is 30.7 Å². The molecule has 2 aromatic rings. The second-order valence-corrected chi connectivity index (χ2v) is 4.26. The number of aromatic nitrogens is 2. The predicted octanol–water partition coefficient (Wildman–Crippen LogP) is 2.59. The minimum atomic E-state index is 0.615. The molecule has 90 valence electrons. The SMILES string of the molecule is CCc1nccn1-c1c(Cl)cccc1CCN. The first-order valence-electron chi connectivity index (χ1n) is 5.78. The summed E-state index contributed by atoms with van der Waals surface area (Å²) < 4.78 is 2.05. The van der Waals surface area contributed by atoms with Gasteiger partial charge in [-0.3, -0.25) is 0 Å². The zero-order chi connectivity index (χ0) is 12.3. The van der Waals surface area contributed by atoms with Crippen molar-refractivity contribution >= 4 is 11.6 Å². The van der Waals surface area contributed by atoms with Crippen LogP contribution in [0.3, 0.4) is 0 Å². The summed E-state index contributed by atoms with van der Waals surface area (Å²) in [6.45, 7) is 2.70. The molecule has 3 nitrogen and oxygen atoms in total. The monoisotopic (exact) mass is 249 g/mol. The standard InChI is InChI=1S/C13H16ClN3/c1-2-12-16-8-9-17(12)13-10(6-7-15)4-3-5-11(13)14/h3-5,8-9H,2,6-7,15H2,1H3. The van der Waals surface area contributed by atoms with Crippen LogP contribution in [0.4, 0.5) is 0 Å². The maximum Gasteiger partial charge on any atom is 0.112 e. The van der Waals surface area contributed by atoms with Gasteiger partial charge in [-0.2, -0.15) is 0 Å². The summed E-state index contributed by atoms with van der Waals surface area (Å²) >= 11 is 6.30. The summed E-state index contributed by atoms with van der Waals surface area (Å²) in [5.74, 6) is 1.01. The minimum Gasteiger partial charge on any atom is -0.330 e. The van der Waals surface area contributed by atoms with Crippen molar-refractivity contribution in [2.45, 2.75) is 19.8 Å². The molecule has 0 aliphatic carbocycles. The zero-order valence-corrected chi connectivity index (χ0v) is 10.6. The largest absolute Gasteiger partial charge is 0.330 e. The fraction of sp³-hybridized carbons (Fsp3) is 0.308. The molecular formula is C13H16ClN3. The molecular weight excluding hydrogens is 234 g/mol. The molecule has 2 rings (SSSR count). The van der Waals surface area contributed by atoms with Gasteiger partial charge in [0.25, 0.3) is 0 Å². The van der Waals surface area contributed by atoms with E-state index in [4.69, 9.17) is 17.3 Å². The molecule has 4 heteroatoms. The van der Waals surface area contributed by atoms with E-state index in [0.717, 1.165) is 34.9 Å². The van der Waals surface area contributed by atoms with Gasteiger partial charge in [0, 0.05) is 18.8 Å². The molecule has 1 aromatic carbocycles. The molecule has 0 spiro atoms. The average molecular weight is 250 g/mol. The number of aryl methyl sites for hydroxylation is 1. The lowest BCUT2D eigenvalue weighted by Crippen LogP contribution is -2.08. The number of nitrogens with two attached hydrogens (primary N) is 1. The van der Waals surface area contributed by atoms with Gasteiger partial charge in [0.1, 0.15) is 5.82 Å². The van der Waals surface area contributed by atoms with E-state index in [1.807, 2.05) is 22.9 Å². The van der Waals surface area contributed by atoms with Crippen LogP contribution in [0, 0.1) is 0 Å². The molecule has 0 radical (unpaired) electrons. The lowest BCUT2D eigenvalue weighted by molar-refractivity contribution is 0.868. The van der Waals surface area contributed by atoms with E-state index in [9.17, 15) is 0 Å². The van der Waals surface area contributed by atoms with Crippen LogP contribution in [0.2, 0.25) is 5.02 Å². The van der Waals surface area contributed by atoms with Gasteiger partial charge in [0.05, 0.1) is 10.7 Å². The van der Waals surface area contributed by atoms with Gasteiger partial charge in [-0.05, 0) is 24.6 Å². The van der Waals surface area contributed by atoms with Crippen LogP contribution in [0.25, 0.3) is 5.69 Å². The van der Waals surface area contributed by atoms with Gasteiger partial charge in [-0.15, -0.1) is 0 Å². The highest BCUT2D eigenvalue weighted by atomic mass is 35.5. The van der Waals surface area contributed by atoms with Crippen molar-refractivity contribution in [2.24, 2.45) is 5.73 Å². The third-order valence-electron chi connectivity index (χ3n) is 2.76. The van der Waals surface area contributed by atoms with Crippen molar-refractivity contribution in [3.05, 3.63) is 47.0 Å². The van der Waals surface area contributed by atoms with E-state index in [1.54, 1.807) is 6.20 Å². The Morgan fingerprint density at radius 2 is 2.24 bits per heavy atom. The molecule has 0 amide bonds. The number of para-hydroxylation sites is 1. The van der Waals surface area contributed by atoms with Crippen molar-refractivity contribution in [1.29, 1.82) is 0 Å². The van der Waals surface area contributed by atoms with E-state index >= 15 is 0 Å². The average Bonchev–Trinajstić information content (AvgIpc) is 2.77. The Balaban J connectivity index is 2.57. The predicted molar refractivity (Wildman–Crippen MR) is 70.7 cm³/mol. The van der Waals surface area contributed by atoms with Gasteiger partial charge in [0.15, 0.2) is 0 Å². The van der Waals surface area contributed by atoms with E-state index in [2.05, 4.69) is 18.0 Å². The number of halogens is 1. The first-order valence-corrected chi connectivity index (χ1v) is 6.15. The van der Waals surface area contributed by atoms with E-state index in [0.29, 0.717) is 6.54 Å². The summed E-state index contributed by atoms with van der Waals surface area (Å²) in [6.07, 6.45) is 5.44. The lowest BCUT2D eigenvalue weighted by Gasteiger charge is -2.13. The maximum atomic E-state index is 6.30. The van der Waals surface area contributed by atoms with Crippen LogP contribution in [-0.2, 0) is 12.8 Å². The number of hydrogen-bond acceptors (Lipinski definition) is 2. The van der Waals surface area contributed by atoms with Crippen LogP contribution in [0.1, 0.15) is 18.3 Å². The fourth-order valence-corrected chi connectivity index (χ4v) is 2.27. The Labute approximate surface area is 106 Å². The Hall–Kier alpha value is -1.32. The third-order valence-corrected chi connectivity index (χ3v) is 3.06. The molecule has 0 aliphatic rings. The van der Waals surface area contributed by atoms with Gasteiger partial charge in [-0.25, -0.2) is 4.98 Å². The smallest absolute Gasteiger partial charge is 0.112 e. The van der Waals surface area contributed by atoms with Crippen LogP contribution < -0.4 is 5.73 Å². The third kappa shape index (κ3) is 2.35. The molecule has 1 heterocycles. The summed E-state index contributed by atoms with van der Waals surface area (Å²) in [5, 5.41) is 0.739. The molecule has 0 unspecified atom stereocenters. The quantitative estimate of drug-likeness (QED) is 0.905. The topological polar surface area (TPSA) is 43.8 Å². The summed E-state index contributed by atoms with van der Waals surface area (Å²) in [5.41, 5.74) is 7.80. The Morgan fingerprint density at radius 1 is 1.41 bits per heavy atom. The first kappa shape index (κ1) is 12.1. The molecule has 17 heavy (non-hydrogen) atoms. The van der Waals surface area contributed by atoms with E-state index in [-0.39, 0.29) is 0 Å². The highest BCUT2D eigenvalue weighted by Gasteiger charge is 2.11. The van der Waals surface area contributed by atoms with Gasteiger partial charge >= 0.3 is 0 Å². The second kappa shape index (κ2) is 5.34. The van der Waals surface area contributed by atoms with Crippen molar-refractivity contribution in [3.8, 4) is 5.69 Å². The second-order valence-electron chi connectivity index (χ2n) is 3.85. The fourth-order valence-electron chi connectivity index (χ4n) is 1.99. The number of nitrogens with zero attached hydrogens (tertiary/aromatic N) is 2. The molecule has 2 N–H and O–H groups in total. The molecule has 0 bridgehead atoms. The molecule has 0 fully saturated rings. The Morgan fingerprint density at radius 3 is 2.94 bits per heavy atom. The van der Waals surface area contributed by atoms with Gasteiger partial charge < -0.3 is 10.3 Å². The summed E-state index contributed by atoms with van der Waals surface area (Å²) in [6, 6.07) is 5.92. The molecule has 0 saturated heterocycles. The van der Waals surface area contributed by atoms with Crippen LogP contribution in [0.5, 0.6) is 0 Å². The molecule has 0 saturated carbocycles. The summed E-state index contributed by atoms with van der Waals surface area (Å²) in [4.78, 5) is 4.33. The number of benzene rings is 1. The molecule has 0 atom stereocenters. The Kier molecular flexibility index (Phi) is 3.82. The number of hydrogen-bond donors (Lipinski definition) is 1. The highest BCUT2D eigenvalue weighted by molar-refractivity contribution is 6.32. The lowest BCUT2D eigenvalue weighted by atomic mass is 10.1. The van der Waals surface area contributed by atoms with Crippen LogP contribution >= 0.6 is 11.6 Å². The molecule has 0 aliphatic heterocycles. The van der Waals surface area contributed by atoms with E-state index in [1.165, 1.54) is 0 Å². The summed E-state index contributed by atoms with van der Waals surface area (Å²) in [7, 11) is 0. The number of rotatable bonds is 4. The first-order chi connectivity index (χ1) is 8.27. The highest BCUT2D eigenvalue weighted by Crippen LogP contribution is 2.26. The Bertz CT molecular complexity index is 505.